The van der Waals surface area contributed by atoms with Gasteiger partial charge in [-0.05, 0) is 0 Å². The summed E-state index contributed by atoms with van der Waals surface area (Å²) >= 11 is 0.810. The van der Waals surface area contributed by atoms with Gasteiger partial charge in [-0.2, -0.15) is 0 Å². The van der Waals surface area contributed by atoms with Crippen molar-refractivity contribution in [2.24, 2.45) is 0 Å². The predicted octanol–water partition coefficient (Wildman–Crippen LogP) is 1.08. The Morgan fingerprint density at radius 1 is 1.75 bits per heavy atom. The van der Waals surface area contributed by atoms with Crippen LogP contribution in [-0.2, 0) is 6.61 Å². The zero-order valence-corrected chi connectivity index (χ0v) is 6.65. The van der Waals surface area contributed by atoms with Crippen LogP contribution in [0.15, 0.2) is 5.38 Å². The van der Waals surface area contributed by atoms with Crippen LogP contribution in [0.25, 0.3) is 0 Å². The Kier molecular flexibility index (Phi) is 2.83. The minimum Gasteiger partial charge on any atom is -0.390 e. The largest absolute Gasteiger partial charge is 0.390 e. The highest BCUT2D eigenvalue weighted by molar-refractivity contribution is 7.11. The lowest BCUT2D eigenvalue weighted by molar-refractivity contribution is 0.0678. The molecule has 6 heteroatoms. The van der Waals surface area contributed by atoms with Gasteiger partial charge in [0.05, 0.1) is 12.3 Å². The average molecular weight is 193 g/mol. The first-order valence-electron chi connectivity index (χ1n) is 3.02. The van der Waals surface area contributed by atoms with E-state index in [1.807, 2.05) is 0 Å². The van der Waals surface area contributed by atoms with Crippen LogP contribution in [0.5, 0.6) is 0 Å². The van der Waals surface area contributed by atoms with Crippen LogP contribution in [-0.4, -0.2) is 22.3 Å². The zero-order chi connectivity index (χ0) is 9.14. The second-order valence-electron chi connectivity index (χ2n) is 1.97. The molecule has 0 fully saturated rings. The number of nitrogens with zero attached hydrogens (tertiary/aromatic N) is 1. The molecule has 1 rings (SSSR count). The molecule has 0 aliphatic heterocycles. The molecule has 1 aromatic heterocycles. The summed E-state index contributed by atoms with van der Waals surface area (Å²) < 4.78 is 23.6. The van der Waals surface area contributed by atoms with E-state index in [0.717, 1.165) is 11.3 Å². The number of carbonyl (C=O) groups excluding carboxylic acids is 1. The van der Waals surface area contributed by atoms with Gasteiger partial charge in [0.25, 0.3) is 5.78 Å². The first-order valence-corrected chi connectivity index (χ1v) is 3.90. The number of halogens is 2. The molecule has 1 aromatic rings. The molecular formula is C6H5F2NO2S. The van der Waals surface area contributed by atoms with Gasteiger partial charge in [0.15, 0.2) is 5.01 Å². The molecule has 0 spiro atoms. The van der Waals surface area contributed by atoms with Crippen molar-refractivity contribution in [1.82, 2.24) is 4.98 Å². The van der Waals surface area contributed by atoms with Crippen LogP contribution in [0.4, 0.5) is 8.78 Å². The molecule has 0 bridgehead atoms. The summed E-state index contributed by atoms with van der Waals surface area (Å²) in [7, 11) is 0. The van der Waals surface area contributed by atoms with E-state index in [4.69, 9.17) is 5.11 Å². The lowest BCUT2D eigenvalue weighted by Crippen LogP contribution is -2.09. The van der Waals surface area contributed by atoms with E-state index in [1.54, 1.807) is 0 Å². The highest BCUT2D eigenvalue weighted by Gasteiger charge is 2.20. The van der Waals surface area contributed by atoms with E-state index in [1.165, 1.54) is 5.38 Å². The van der Waals surface area contributed by atoms with Gasteiger partial charge < -0.3 is 5.11 Å². The molecule has 0 atom stereocenters. The van der Waals surface area contributed by atoms with Crippen molar-refractivity contribution in [2.75, 3.05) is 0 Å². The molecule has 0 unspecified atom stereocenters. The van der Waals surface area contributed by atoms with Gasteiger partial charge in [-0.25, -0.2) is 13.8 Å². The second kappa shape index (κ2) is 3.68. The fraction of sp³-hybridized carbons (Fsp3) is 0.333. The topological polar surface area (TPSA) is 50.2 Å². The number of Topliss-reactive ketones (excluding diaryl/α,β-unsaturated/α-hetero) is 1. The standard InChI is InChI=1S/C6H5F2NO2S/c7-5(8)4(11)6-9-3(1-10)2-12-6/h2,5,10H,1H2. The molecule has 66 valence electrons. The lowest BCUT2D eigenvalue weighted by Gasteiger charge is -1.91. The quantitative estimate of drug-likeness (QED) is 0.731. The summed E-state index contributed by atoms with van der Waals surface area (Å²) in [5.74, 6) is -1.29. The third kappa shape index (κ3) is 1.83. The Labute approximate surface area is 70.7 Å². The van der Waals surface area contributed by atoms with Gasteiger partial charge in [-0.3, -0.25) is 4.79 Å². The predicted molar refractivity (Wildman–Crippen MR) is 38.4 cm³/mol. The SMILES string of the molecule is O=C(c1nc(CO)cs1)C(F)F. The van der Waals surface area contributed by atoms with Crippen molar-refractivity contribution in [3.63, 3.8) is 0 Å². The van der Waals surface area contributed by atoms with Crippen molar-refractivity contribution in [3.05, 3.63) is 16.1 Å². The Balaban J connectivity index is 2.82. The van der Waals surface area contributed by atoms with Gasteiger partial charge in [0, 0.05) is 5.38 Å². The van der Waals surface area contributed by atoms with Gasteiger partial charge in [0.2, 0.25) is 0 Å². The number of hydrogen-bond acceptors (Lipinski definition) is 4. The third-order valence-electron chi connectivity index (χ3n) is 1.12. The summed E-state index contributed by atoms with van der Waals surface area (Å²) in [5, 5.41) is 9.63. The number of rotatable bonds is 3. The number of hydrogen-bond donors (Lipinski definition) is 1. The van der Waals surface area contributed by atoms with Crippen molar-refractivity contribution >= 4 is 17.1 Å². The van der Waals surface area contributed by atoms with Crippen LogP contribution in [0, 0.1) is 0 Å². The first kappa shape index (κ1) is 9.21. The Bertz CT molecular complexity index is 287. The fourth-order valence-corrected chi connectivity index (χ4v) is 1.34. The lowest BCUT2D eigenvalue weighted by atomic mass is 10.4. The Morgan fingerprint density at radius 3 is 2.83 bits per heavy atom. The van der Waals surface area contributed by atoms with Crippen LogP contribution < -0.4 is 0 Å². The summed E-state index contributed by atoms with van der Waals surface area (Å²) in [6.45, 7) is -0.340. The maximum atomic E-state index is 11.8. The molecular weight excluding hydrogens is 188 g/mol. The van der Waals surface area contributed by atoms with E-state index in [9.17, 15) is 13.6 Å². The highest BCUT2D eigenvalue weighted by Crippen LogP contribution is 2.13. The summed E-state index contributed by atoms with van der Waals surface area (Å²) in [4.78, 5) is 14.1. The maximum Gasteiger partial charge on any atom is 0.303 e. The molecule has 1 heterocycles. The second-order valence-corrected chi connectivity index (χ2v) is 2.83. The van der Waals surface area contributed by atoms with Gasteiger partial charge in [0.1, 0.15) is 0 Å². The maximum absolute atomic E-state index is 11.8. The zero-order valence-electron chi connectivity index (χ0n) is 5.83. The Morgan fingerprint density at radius 2 is 2.42 bits per heavy atom. The smallest absolute Gasteiger partial charge is 0.303 e. The van der Waals surface area contributed by atoms with Crippen molar-refractivity contribution < 1.29 is 18.7 Å². The molecule has 0 amide bonds. The van der Waals surface area contributed by atoms with Crippen molar-refractivity contribution in [3.8, 4) is 0 Å². The molecule has 0 aliphatic rings. The van der Waals surface area contributed by atoms with Crippen LogP contribution in [0.2, 0.25) is 0 Å². The number of ketones is 1. The van der Waals surface area contributed by atoms with E-state index in [2.05, 4.69) is 4.98 Å². The minimum atomic E-state index is -3.03. The summed E-state index contributed by atoms with van der Waals surface area (Å²) in [6, 6.07) is 0. The number of aliphatic hydroxyl groups excluding tert-OH is 1. The highest BCUT2D eigenvalue weighted by atomic mass is 32.1. The number of alkyl halides is 2. The van der Waals surface area contributed by atoms with E-state index in [-0.39, 0.29) is 17.3 Å². The fourth-order valence-electron chi connectivity index (χ4n) is 0.586. The van der Waals surface area contributed by atoms with E-state index >= 15 is 0 Å². The summed E-state index contributed by atoms with van der Waals surface area (Å²) in [6.07, 6.45) is -3.03. The van der Waals surface area contributed by atoms with Crippen LogP contribution in [0.1, 0.15) is 15.5 Å². The van der Waals surface area contributed by atoms with E-state index < -0.39 is 12.2 Å². The number of aliphatic hydroxyl groups is 1. The number of thiazole rings is 1. The van der Waals surface area contributed by atoms with Crippen LogP contribution in [0.3, 0.4) is 0 Å². The molecule has 12 heavy (non-hydrogen) atoms. The molecule has 0 saturated heterocycles. The number of carbonyl (C=O) groups is 1. The number of aromatic nitrogens is 1. The first-order chi connectivity index (χ1) is 5.65. The van der Waals surface area contributed by atoms with E-state index in [0.29, 0.717) is 0 Å². The molecule has 0 radical (unpaired) electrons. The Hall–Kier alpha value is -0.880. The van der Waals surface area contributed by atoms with Crippen molar-refractivity contribution in [1.29, 1.82) is 0 Å². The molecule has 0 saturated carbocycles. The normalized spacial score (nSPS) is 10.7. The van der Waals surface area contributed by atoms with Crippen LogP contribution >= 0.6 is 11.3 Å². The molecule has 0 aliphatic carbocycles. The molecule has 0 aromatic carbocycles. The van der Waals surface area contributed by atoms with Gasteiger partial charge in [-0.15, -0.1) is 11.3 Å². The molecule has 1 N–H and O–H groups in total. The molecule has 3 nitrogen and oxygen atoms in total. The third-order valence-corrected chi connectivity index (χ3v) is 2.03. The monoisotopic (exact) mass is 193 g/mol. The van der Waals surface area contributed by atoms with Crippen molar-refractivity contribution in [2.45, 2.75) is 13.0 Å². The van der Waals surface area contributed by atoms with Gasteiger partial charge in [-0.1, -0.05) is 0 Å². The summed E-state index contributed by atoms with van der Waals surface area (Å²) in [5.41, 5.74) is 0.240. The van der Waals surface area contributed by atoms with Gasteiger partial charge >= 0.3 is 6.43 Å². The minimum absolute atomic E-state index is 0.240. The average Bonchev–Trinajstić information content (AvgIpc) is 2.50.